The number of halogens is 2. The van der Waals surface area contributed by atoms with Gasteiger partial charge >= 0.3 is 0 Å². The van der Waals surface area contributed by atoms with Crippen molar-refractivity contribution in [1.82, 2.24) is 5.32 Å². The number of carbonyl (C=O) groups excluding carboxylic acids is 1. The lowest BCUT2D eigenvalue weighted by Crippen LogP contribution is -2.40. The highest BCUT2D eigenvalue weighted by molar-refractivity contribution is 5.84. The van der Waals surface area contributed by atoms with Crippen LogP contribution in [0.1, 0.15) is 18.9 Å². The highest BCUT2D eigenvalue weighted by Crippen LogP contribution is 2.19. The summed E-state index contributed by atoms with van der Waals surface area (Å²) in [6.07, 6.45) is 0.873. The van der Waals surface area contributed by atoms with E-state index in [0.29, 0.717) is 13.2 Å². The smallest absolute Gasteiger partial charge is 0.144 e. The van der Waals surface area contributed by atoms with Gasteiger partial charge in [0.05, 0.1) is 19.1 Å². The van der Waals surface area contributed by atoms with E-state index in [-0.39, 0.29) is 29.7 Å². The zero-order valence-electron chi connectivity index (χ0n) is 11.5. The maximum Gasteiger partial charge on any atom is 0.144 e. The standard InChI is InChI=1S/C15H19F2NO2/c1-2-5-18-14-9-20-8-12(14)15(19)7-10-6-11(16)3-4-13(10)17/h3-4,6,12,14,18H,2,5,7-9H2,1H3. The van der Waals surface area contributed by atoms with Crippen molar-refractivity contribution in [2.75, 3.05) is 19.8 Å². The van der Waals surface area contributed by atoms with Gasteiger partial charge in [0.1, 0.15) is 17.4 Å². The average molecular weight is 283 g/mol. The van der Waals surface area contributed by atoms with Crippen molar-refractivity contribution >= 4 is 5.78 Å². The van der Waals surface area contributed by atoms with Crippen LogP contribution in [-0.4, -0.2) is 31.6 Å². The van der Waals surface area contributed by atoms with Crippen LogP contribution < -0.4 is 5.32 Å². The Hall–Kier alpha value is -1.33. The molecule has 0 aromatic heterocycles. The fraction of sp³-hybridized carbons (Fsp3) is 0.533. The third kappa shape index (κ3) is 3.61. The molecule has 1 aromatic rings. The van der Waals surface area contributed by atoms with Gasteiger partial charge in [-0.15, -0.1) is 0 Å². The Morgan fingerprint density at radius 2 is 2.20 bits per heavy atom. The van der Waals surface area contributed by atoms with Gasteiger partial charge in [0.2, 0.25) is 0 Å². The van der Waals surface area contributed by atoms with Crippen LogP contribution in [0.2, 0.25) is 0 Å². The molecule has 1 aliphatic heterocycles. The largest absolute Gasteiger partial charge is 0.379 e. The molecule has 1 N–H and O–H groups in total. The highest BCUT2D eigenvalue weighted by atomic mass is 19.1. The van der Waals surface area contributed by atoms with E-state index >= 15 is 0 Å². The number of carbonyl (C=O) groups is 1. The molecule has 5 heteroatoms. The fourth-order valence-corrected chi connectivity index (χ4v) is 2.40. The summed E-state index contributed by atoms with van der Waals surface area (Å²) < 4.78 is 32.0. The second-order valence-electron chi connectivity index (χ2n) is 5.08. The van der Waals surface area contributed by atoms with E-state index in [9.17, 15) is 13.6 Å². The number of hydrogen-bond donors (Lipinski definition) is 1. The van der Waals surface area contributed by atoms with Gasteiger partial charge in [-0.25, -0.2) is 8.78 Å². The topological polar surface area (TPSA) is 38.3 Å². The Labute approximate surface area is 117 Å². The molecule has 1 heterocycles. The first-order chi connectivity index (χ1) is 9.61. The fourth-order valence-electron chi connectivity index (χ4n) is 2.40. The predicted molar refractivity (Wildman–Crippen MR) is 71.5 cm³/mol. The van der Waals surface area contributed by atoms with E-state index in [1.807, 2.05) is 6.92 Å². The van der Waals surface area contributed by atoms with Gasteiger partial charge in [-0.3, -0.25) is 4.79 Å². The lowest BCUT2D eigenvalue weighted by Gasteiger charge is -2.17. The summed E-state index contributed by atoms with van der Waals surface area (Å²) in [4.78, 5) is 12.2. The van der Waals surface area contributed by atoms with Crippen LogP contribution in [0.15, 0.2) is 18.2 Å². The minimum absolute atomic E-state index is 0.0286. The second-order valence-corrected chi connectivity index (χ2v) is 5.08. The number of benzene rings is 1. The van der Waals surface area contributed by atoms with Crippen LogP contribution in [0.3, 0.4) is 0 Å². The van der Waals surface area contributed by atoms with Crippen LogP contribution in [-0.2, 0) is 16.0 Å². The highest BCUT2D eigenvalue weighted by Gasteiger charge is 2.33. The average Bonchev–Trinajstić information content (AvgIpc) is 2.89. The zero-order chi connectivity index (χ0) is 14.5. The molecule has 2 atom stereocenters. The van der Waals surface area contributed by atoms with E-state index in [0.717, 1.165) is 31.2 Å². The van der Waals surface area contributed by atoms with E-state index in [1.54, 1.807) is 0 Å². The number of ether oxygens (including phenoxy) is 1. The Morgan fingerprint density at radius 1 is 1.40 bits per heavy atom. The van der Waals surface area contributed by atoms with Crippen LogP contribution in [0.5, 0.6) is 0 Å². The maximum atomic E-state index is 13.6. The third-order valence-electron chi connectivity index (χ3n) is 3.52. The van der Waals surface area contributed by atoms with Crippen molar-refractivity contribution in [3.63, 3.8) is 0 Å². The summed E-state index contributed by atoms with van der Waals surface area (Å²) >= 11 is 0. The first kappa shape index (κ1) is 15.1. The molecular formula is C15H19F2NO2. The summed E-state index contributed by atoms with van der Waals surface area (Å²) in [6, 6.07) is 3.15. The summed E-state index contributed by atoms with van der Waals surface area (Å²) in [5.74, 6) is -1.47. The molecule has 2 rings (SSSR count). The number of Topliss-reactive ketones (excluding diaryl/α,β-unsaturated/α-hetero) is 1. The van der Waals surface area contributed by atoms with Crippen LogP contribution in [0.4, 0.5) is 8.78 Å². The van der Waals surface area contributed by atoms with Crippen molar-refractivity contribution in [3.8, 4) is 0 Å². The molecule has 110 valence electrons. The SMILES string of the molecule is CCCNC1COCC1C(=O)Cc1cc(F)ccc1F. The molecule has 0 radical (unpaired) electrons. The Bertz CT molecular complexity index is 479. The van der Waals surface area contributed by atoms with Gasteiger partial charge in [-0.1, -0.05) is 6.92 Å². The maximum absolute atomic E-state index is 13.6. The van der Waals surface area contributed by atoms with Gasteiger partial charge in [-0.05, 0) is 36.7 Å². The van der Waals surface area contributed by atoms with Crippen LogP contribution in [0, 0.1) is 17.6 Å². The Morgan fingerprint density at radius 3 is 2.95 bits per heavy atom. The molecule has 0 aliphatic carbocycles. The van der Waals surface area contributed by atoms with Crippen molar-refractivity contribution in [2.24, 2.45) is 5.92 Å². The first-order valence-corrected chi connectivity index (χ1v) is 6.89. The quantitative estimate of drug-likeness (QED) is 0.869. The van der Waals surface area contributed by atoms with Gasteiger partial charge < -0.3 is 10.1 Å². The van der Waals surface area contributed by atoms with Gasteiger partial charge in [0.25, 0.3) is 0 Å². The van der Waals surface area contributed by atoms with Crippen LogP contribution >= 0.6 is 0 Å². The van der Waals surface area contributed by atoms with E-state index < -0.39 is 11.6 Å². The molecular weight excluding hydrogens is 264 g/mol. The van der Waals surface area contributed by atoms with Crippen LogP contribution in [0.25, 0.3) is 0 Å². The number of rotatable bonds is 6. The number of ketones is 1. The lowest BCUT2D eigenvalue weighted by molar-refractivity contribution is -0.122. The number of hydrogen-bond acceptors (Lipinski definition) is 3. The first-order valence-electron chi connectivity index (χ1n) is 6.89. The summed E-state index contributed by atoms with van der Waals surface area (Å²) in [6.45, 7) is 3.69. The van der Waals surface area contributed by atoms with Crippen molar-refractivity contribution in [3.05, 3.63) is 35.4 Å². The monoisotopic (exact) mass is 283 g/mol. The number of nitrogens with one attached hydrogen (secondary N) is 1. The molecule has 1 aliphatic rings. The molecule has 0 spiro atoms. The molecule has 1 aromatic carbocycles. The van der Waals surface area contributed by atoms with Crippen molar-refractivity contribution in [2.45, 2.75) is 25.8 Å². The second kappa shape index (κ2) is 6.90. The zero-order valence-corrected chi connectivity index (χ0v) is 11.5. The summed E-state index contributed by atoms with van der Waals surface area (Å²) in [5.41, 5.74) is 0.108. The molecule has 0 saturated carbocycles. The third-order valence-corrected chi connectivity index (χ3v) is 3.52. The molecule has 20 heavy (non-hydrogen) atoms. The molecule has 2 unspecified atom stereocenters. The van der Waals surface area contributed by atoms with Gasteiger partial charge in [0, 0.05) is 12.5 Å². The van der Waals surface area contributed by atoms with E-state index in [1.165, 1.54) is 0 Å². The molecule has 1 fully saturated rings. The molecule has 3 nitrogen and oxygen atoms in total. The normalized spacial score (nSPS) is 22.1. The van der Waals surface area contributed by atoms with E-state index in [4.69, 9.17) is 4.74 Å². The summed E-state index contributed by atoms with van der Waals surface area (Å²) in [7, 11) is 0. The predicted octanol–water partition coefficient (Wildman–Crippen LogP) is 2.09. The molecule has 1 saturated heterocycles. The van der Waals surface area contributed by atoms with Gasteiger partial charge in [-0.2, -0.15) is 0 Å². The van der Waals surface area contributed by atoms with Crippen molar-refractivity contribution in [1.29, 1.82) is 0 Å². The minimum Gasteiger partial charge on any atom is -0.379 e. The lowest BCUT2D eigenvalue weighted by atomic mass is 9.93. The Balaban J connectivity index is 2.01. The van der Waals surface area contributed by atoms with E-state index in [2.05, 4.69) is 5.32 Å². The minimum atomic E-state index is -0.545. The summed E-state index contributed by atoms with van der Waals surface area (Å²) in [5, 5.41) is 3.26. The van der Waals surface area contributed by atoms with Gasteiger partial charge in [0.15, 0.2) is 0 Å². The Kier molecular flexibility index (Phi) is 5.20. The van der Waals surface area contributed by atoms with Crippen molar-refractivity contribution < 1.29 is 18.3 Å². The molecule has 0 bridgehead atoms. The molecule has 0 amide bonds.